The number of amides is 2. The van der Waals surface area contributed by atoms with E-state index in [1.807, 2.05) is 4.90 Å². The van der Waals surface area contributed by atoms with Crippen LogP contribution in [0.2, 0.25) is 0 Å². The van der Waals surface area contributed by atoms with Crippen LogP contribution >= 0.6 is 0 Å². The first-order chi connectivity index (χ1) is 15.1. The van der Waals surface area contributed by atoms with Gasteiger partial charge in [0.05, 0.1) is 24.5 Å². The van der Waals surface area contributed by atoms with E-state index in [0.29, 0.717) is 39.3 Å². The van der Waals surface area contributed by atoms with Crippen LogP contribution in [0.3, 0.4) is 0 Å². The van der Waals surface area contributed by atoms with Crippen LogP contribution in [0.5, 0.6) is 0 Å². The van der Waals surface area contributed by atoms with Crippen LogP contribution in [0.15, 0.2) is 11.8 Å². The summed E-state index contributed by atoms with van der Waals surface area (Å²) in [4.78, 5) is 42.8. The molecule has 174 valence electrons. The lowest BCUT2D eigenvalue weighted by Gasteiger charge is -2.33. The summed E-state index contributed by atoms with van der Waals surface area (Å²) in [6.45, 7) is 5.09. The highest BCUT2D eigenvalue weighted by molar-refractivity contribution is 5.95. The fourth-order valence-corrected chi connectivity index (χ4v) is 5.41. The SMILES string of the molecule is CCCCCCCCN1C(=O)[C@@H](CC(=O)N2CCOCC2)[C@]2(C=O)CCCCC/C=C/12. The fraction of sp³-hybridized carbons (Fsp3) is 0.800. The van der Waals surface area contributed by atoms with Gasteiger partial charge in [0.15, 0.2) is 0 Å². The number of allylic oxidation sites excluding steroid dienone is 2. The second-order valence-corrected chi connectivity index (χ2v) is 9.35. The van der Waals surface area contributed by atoms with Gasteiger partial charge in [-0.1, -0.05) is 57.9 Å². The minimum absolute atomic E-state index is 0.0181. The molecule has 0 aromatic rings. The summed E-state index contributed by atoms with van der Waals surface area (Å²) in [5.74, 6) is -0.606. The zero-order chi connectivity index (χ0) is 22.1. The Bertz CT molecular complexity index is 656. The minimum atomic E-state index is -0.832. The number of likely N-dealkylation sites (tertiary alicyclic amines) is 1. The molecule has 0 bridgehead atoms. The Morgan fingerprint density at radius 3 is 2.61 bits per heavy atom. The van der Waals surface area contributed by atoms with Gasteiger partial charge in [0.1, 0.15) is 6.29 Å². The van der Waals surface area contributed by atoms with Crippen LogP contribution in [0.25, 0.3) is 0 Å². The van der Waals surface area contributed by atoms with Crippen LogP contribution in [0, 0.1) is 11.3 Å². The van der Waals surface area contributed by atoms with Crippen LogP contribution in [-0.2, 0) is 19.1 Å². The van der Waals surface area contributed by atoms with Gasteiger partial charge in [0.25, 0.3) is 0 Å². The van der Waals surface area contributed by atoms with Crippen LogP contribution in [0.4, 0.5) is 0 Å². The Labute approximate surface area is 187 Å². The van der Waals surface area contributed by atoms with Gasteiger partial charge in [-0.05, 0) is 25.7 Å². The molecular weight excluding hydrogens is 392 g/mol. The average molecular weight is 433 g/mol. The number of rotatable bonds is 10. The molecule has 2 heterocycles. The van der Waals surface area contributed by atoms with Gasteiger partial charge in [-0.25, -0.2) is 0 Å². The molecule has 2 fully saturated rings. The largest absolute Gasteiger partial charge is 0.378 e. The zero-order valence-corrected chi connectivity index (χ0v) is 19.3. The molecule has 3 aliphatic rings. The summed E-state index contributed by atoms with van der Waals surface area (Å²) in [7, 11) is 0. The highest BCUT2D eigenvalue weighted by Gasteiger charge is 2.56. The number of unbranched alkanes of at least 4 members (excludes halogenated alkanes) is 5. The molecule has 0 aromatic carbocycles. The van der Waals surface area contributed by atoms with E-state index in [1.54, 1.807) is 4.90 Å². The first-order valence-electron chi connectivity index (χ1n) is 12.5. The third kappa shape index (κ3) is 5.57. The highest BCUT2D eigenvalue weighted by atomic mass is 16.5. The number of hydrogen-bond donors (Lipinski definition) is 0. The summed E-state index contributed by atoms with van der Waals surface area (Å²) < 4.78 is 5.36. The molecule has 6 heteroatoms. The Kier molecular flexibility index (Phi) is 9.12. The number of nitrogens with zero attached hydrogens (tertiary/aromatic N) is 2. The highest BCUT2D eigenvalue weighted by Crippen LogP contribution is 2.50. The van der Waals surface area contributed by atoms with E-state index in [2.05, 4.69) is 13.0 Å². The van der Waals surface area contributed by atoms with E-state index in [0.717, 1.165) is 50.5 Å². The summed E-state index contributed by atoms with van der Waals surface area (Å²) in [5.41, 5.74) is 0.0577. The van der Waals surface area contributed by atoms with Crippen molar-refractivity contribution in [1.82, 2.24) is 9.80 Å². The topological polar surface area (TPSA) is 66.9 Å². The number of fused-ring (bicyclic) bond motifs is 1. The first-order valence-corrected chi connectivity index (χ1v) is 12.5. The van der Waals surface area contributed by atoms with Gasteiger partial charge in [-0.3, -0.25) is 9.59 Å². The molecule has 2 saturated heterocycles. The lowest BCUT2D eigenvalue weighted by molar-refractivity contribution is -0.142. The van der Waals surface area contributed by atoms with E-state index >= 15 is 0 Å². The second-order valence-electron chi connectivity index (χ2n) is 9.35. The molecule has 0 unspecified atom stereocenters. The second kappa shape index (κ2) is 11.8. The number of carbonyl (C=O) groups excluding carboxylic acids is 3. The molecule has 1 aliphatic carbocycles. The molecular formula is C25H40N2O4. The molecule has 6 nitrogen and oxygen atoms in total. The van der Waals surface area contributed by atoms with Crippen molar-refractivity contribution in [2.45, 2.75) is 84.0 Å². The minimum Gasteiger partial charge on any atom is -0.378 e. The van der Waals surface area contributed by atoms with Crippen molar-refractivity contribution in [2.75, 3.05) is 32.8 Å². The fourth-order valence-electron chi connectivity index (χ4n) is 5.41. The van der Waals surface area contributed by atoms with Gasteiger partial charge in [-0.2, -0.15) is 0 Å². The smallest absolute Gasteiger partial charge is 0.231 e. The molecule has 2 atom stereocenters. The summed E-state index contributed by atoms with van der Waals surface area (Å²) >= 11 is 0. The third-order valence-electron chi connectivity index (χ3n) is 7.27. The zero-order valence-electron chi connectivity index (χ0n) is 19.3. The maximum atomic E-state index is 13.6. The predicted octanol–water partition coefficient (Wildman–Crippen LogP) is 4.09. The number of morpholine rings is 1. The van der Waals surface area contributed by atoms with Crippen LogP contribution in [0.1, 0.15) is 84.0 Å². The quantitative estimate of drug-likeness (QED) is 0.385. The number of hydrogen-bond acceptors (Lipinski definition) is 4. The van der Waals surface area contributed by atoms with Crippen molar-refractivity contribution in [2.24, 2.45) is 11.3 Å². The Balaban J connectivity index is 1.76. The standard InChI is InChI=1S/C25H40N2O4/c1-2-3-4-5-8-11-14-27-22-12-9-6-7-10-13-25(22,20-28)21(24(27)30)19-23(29)26-15-17-31-18-16-26/h12,20-21H,2-11,13-19H2,1H3/b22-12+/t21-,25-/m1/s1. The van der Waals surface area contributed by atoms with Crippen molar-refractivity contribution in [3.05, 3.63) is 11.8 Å². The van der Waals surface area contributed by atoms with Gasteiger partial charge in [-0.15, -0.1) is 0 Å². The molecule has 0 saturated carbocycles. The number of carbonyl (C=O) groups is 3. The molecule has 0 aromatic heterocycles. The number of aldehydes is 1. The molecule has 2 aliphatic heterocycles. The van der Waals surface area contributed by atoms with Crippen molar-refractivity contribution in [3.8, 4) is 0 Å². The van der Waals surface area contributed by atoms with Crippen LogP contribution < -0.4 is 0 Å². The molecule has 0 spiro atoms. The van der Waals surface area contributed by atoms with Crippen LogP contribution in [-0.4, -0.2) is 60.7 Å². The summed E-state index contributed by atoms with van der Waals surface area (Å²) in [6.07, 6.45) is 14.9. The van der Waals surface area contributed by atoms with E-state index in [-0.39, 0.29) is 18.2 Å². The van der Waals surface area contributed by atoms with Crippen molar-refractivity contribution >= 4 is 18.1 Å². The molecule has 0 radical (unpaired) electrons. The van der Waals surface area contributed by atoms with E-state index < -0.39 is 11.3 Å². The Hall–Kier alpha value is -1.69. The van der Waals surface area contributed by atoms with Gasteiger partial charge in [0, 0.05) is 31.8 Å². The predicted molar refractivity (Wildman–Crippen MR) is 120 cm³/mol. The molecule has 2 amide bonds. The lowest BCUT2D eigenvalue weighted by Crippen LogP contribution is -2.43. The summed E-state index contributed by atoms with van der Waals surface area (Å²) in [5, 5.41) is 0. The summed E-state index contributed by atoms with van der Waals surface area (Å²) in [6, 6.07) is 0. The first kappa shape index (κ1) is 24.0. The maximum Gasteiger partial charge on any atom is 0.231 e. The molecule has 3 rings (SSSR count). The Morgan fingerprint density at radius 1 is 1.13 bits per heavy atom. The van der Waals surface area contributed by atoms with Crippen molar-refractivity contribution in [3.63, 3.8) is 0 Å². The van der Waals surface area contributed by atoms with E-state index in [9.17, 15) is 14.4 Å². The Morgan fingerprint density at radius 2 is 1.87 bits per heavy atom. The van der Waals surface area contributed by atoms with Gasteiger partial charge in [0.2, 0.25) is 11.8 Å². The van der Waals surface area contributed by atoms with Crippen molar-refractivity contribution in [1.29, 1.82) is 0 Å². The molecule has 31 heavy (non-hydrogen) atoms. The normalized spacial score (nSPS) is 28.5. The number of ether oxygens (including phenoxy) is 1. The van der Waals surface area contributed by atoms with E-state index in [1.165, 1.54) is 25.7 Å². The van der Waals surface area contributed by atoms with Gasteiger partial charge < -0.3 is 19.3 Å². The molecule has 0 N–H and O–H groups in total. The average Bonchev–Trinajstić information content (AvgIpc) is 2.98. The van der Waals surface area contributed by atoms with E-state index in [4.69, 9.17) is 4.74 Å². The maximum absolute atomic E-state index is 13.6. The monoisotopic (exact) mass is 432 g/mol. The third-order valence-corrected chi connectivity index (χ3v) is 7.27. The van der Waals surface area contributed by atoms with Gasteiger partial charge >= 0.3 is 0 Å². The van der Waals surface area contributed by atoms with Crippen molar-refractivity contribution < 1.29 is 19.1 Å². The lowest BCUT2D eigenvalue weighted by atomic mass is 9.70.